The summed E-state index contributed by atoms with van der Waals surface area (Å²) < 4.78 is 0. The van der Waals surface area contributed by atoms with Gasteiger partial charge in [-0.3, -0.25) is 0 Å². The zero-order chi connectivity index (χ0) is 15.5. The molecule has 1 N–H and O–H groups in total. The van der Waals surface area contributed by atoms with Gasteiger partial charge in [-0.1, -0.05) is 39.0 Å². The molecule has 3 aliphatic carbocycles. The Balaban J connectivity index is 1.67. The van der Waals surface area contributed by atoms with E-state index >= 15 is 0 Å². The van der Waals surface area contributed by atoms with Crippen molar-refractivity contribution in [3.63, 3.8) is 0 Å². The van der Waals surface area contributed by atoms with E-state index in [2.05, 4.69) is 39.0 Å². The monoisotopic (exact) mass is 298 g/mol. The molecule has 0 spiro atoms. The summed E-state index contributed by atoms with van der Waals surface area (Å²) in [4.78, 5) is 0. The van der Waals surface area contributed by atoms with Crippen LogP contribution in [0.3, 0.4) is 0 Å². The van der Waals surface area contributed by atoms with Crippen molar-refractivity contribution in [1.29, 1.82) is 0 Å². The fraction of sp³-hybridized carbons (Fsp3) is 0.714. The zero-order valence-electron chi connectivity index (χ0n) is 14.3. The number of rotatable bonds is 1. The van der Waals surface area contributed by atoms with Crippen molar-refractivity contribution in [3.8, 4) is 0 Å². The minimum Gasteiger partial charge on any atom is -0.393 e. The first-order valence-electron chi connectivity index (χ1n) is 9.31. The van der Waals surface area contributed by atoms with E-state index in [0.29, 0.717) is 5.92 Å². The van der Waals surface area contributed by atoms with Crippen molar-refractivity contribution in [2.45, 2.75) is 77.2 Å². The minimum absolute atomic E-state index is 0.0526. The molecule has 0 aromatic heterocycles. The predicted octanol–water partition coefficient (Wildman–Crippen LogP) is 5.03. The van der Waals surface area contributed by atoms with E-state index < -0.39 is 0 Å². The molecule has 1 aromatic rings. The highest BCUT2D eigenvalue weighted by Gasteiger charge is 2.54. The Labute approximate surface area is 135 Å². The van der Waals surface area contributed by atoms with E-state index in [4.69, 9.17) is 0 Å². The quantitative estimate of drug-likeness (QED) is 0.771. The van der Waals surface area contributed by atoms with E-state index in [1.54, 1.807) is 11.1 Å². The van der Waals surface area contributed by atoms with Gasteiger partial charge in [-0.05, 0) is 84.3 Å². The van der Waals surface area contributed by atoms with Gasteiger partial charge >= 0.3 is 0 Å². The molecular formula is C21H30O. The Morgan fingerprint density at radius 1 is 1.14 bits per heavy atom. The second kappa shape index (κ2) is 5.09. The van der Waals surface area contributed by atoms with E-state index in [9.17, 15) is 5.11 Å². The van der Waals surface area contributed by atoms with Crippen LogP contribution in [0.2, 0.25) is 0 Å². The van der Waals surface area contributed by atoms with Gasteiger partial charge < -0.3 is 5.11 Å². The van der Waals surface area contributed by atoms with Crippen LogP contribution in [-0.4, -0.2) is 11.2 Å². The Morgan fingerprint density at radius 2 is 1.95 bits per heavy atom. The van der Waals surface area contributed by atoms with Gasteiger partial charge in [0, 0.05) is 0 Å². The number of fused-ring (bicyclic) bond motifs is 5. The molecule has 4 rings (SSSR count). The van der Waals surface area contributed by atoms with Crippen LogP contribution in [0.1, 0.15) is 81.4 Å². The average molecular weight is 298 g/mol. The van der Waals surface area contributed by atoms with Gasteiger partial charge in [0.25, 0.3) is 0 Å². The van der Waals surface area contributed by atoms with Gasteiger partial charge in [0.2, 0.25) is 0 Å². The third-order valence-electron chi connectivity index (χ3n) is 7.37. The molecule has 120 valence electrons. The van der Waals surface area contributed by atoms with Gasteiger partial charge in [0.05, 0.1) is 6.10 Å². The average Bonchev–Trinajstić information content (AvgIpc) is 2.82. The van der Waals surface area contributed by atoms with Crippen molar-refractivity contribution in [1.82, 2.24) is 0 Å². The van der Waals surface area contributed by atoms with Gasteiger partial charge in [-0.2, -0.15) is 0 Å². The first kappa shape index (κ1) is 14.8. The molecule has 2 saturated carbocycles. The molecular weight excluding hydrogens is 268 g/mol. The Kier molecular flexibility index (Phi) is 3.41. The number of hydrogen-bond donors (Lipinski definition) is 1. The molecule has 0 unspecified atom stereocenters. The molecule has 22 heavy (non-hydrogen) atoms. The summed E-state index contributed by atoms with van der Waals surface area (Å²) >= 11 is 0. The molecule has 0 saturated heterocycles. The lowest BCUT2D eigenvalue weighted by atomic mass is 9.55. The molecule has 5 atom stereocenters. The van der Waals surface area contributed by atoms with Crippen LogP contribution in [0.4, 0.5) is 0 Å². The summed E-state index contributed by atoms with van der Waals surface area (Å²) in [5.41, 5.74) is 4.96. The second-order valence-corrected chi connectivity index (χ2v) is 8.67. The van der Waals surface area contributed by atoms with Gasteiger partial charge in [-0.15, -0.1) is 0 Å². The third kappa shape index (κ3) is 2.01. The Bertz CT molecular complexity index is 575. The Morgan fingerprint density at radius 3 is 2.73 bits per heavy atom. The maximum absolute atomic E-state index is 10.5. The predicted molar refractivity (Wildman–Crippen MR) is 91.2 cm³/mol. The molecule has 1 aromatic carbocycles. The summed E-state index contributed by atoms with van der Waals surface area (Å²) in [5.74, 6) is 2.95. The molecule has 3 aliphatic rings. The van der Waals surface area contributed by atoms with Gasteiger partial charge in [-0.25, -0.2) is 0 Å². The topological polar surface area (TPSA) is 20.2 Å². The number of aryl methyl sites for hydroxylation is 1. The molecule has 0 bridgehead atoms. The van der Waals surface area contributed by atoms with Crippen LogP contribution in [0.5, 0.6) is 0 Å². The molecule has 1 heteroatoms. The Hall–Kier alpha value is -0.820. The fourth-order valence-corrected chi connectivity index (χ4v) is 5.93. The minimum atomic E-state index is -0.0526. The second-order valence-electron chi connectivity index (χ2n) is 8.67. The van der Waals surface area contributed by atoms with Crippen molar-refractivity contribution < 1.29 is 5.11 Å². The highest BCUT2D eigenvalue weighted by Crippen LogP contribution is 2.60. The maximum atomic E-state index is 10.5. The summed E-state index contributed by atoms with van der Waals surface area (Å²) in [5, 5.41) is 10.5. The van der Waals surface area contributed by atoms with Crippen molar-refractivity contribution >= 4 is 0 Å². The van der Waals surface area contributed by atoms with E-state index in [0.717, 1.165) is 24.2 Å². The maximum Gasteiger partial charge on any atom is 0.0596 e. The summed E-state index contributed by atoms with van der Waals surface area (Å²) in [6.07, 6.45) is 7.31. The normalized spacial score (nSPS) is 40.2. The van der Waals surface area contributed by atoms with Crippen LogP contribution in [-0.2, 0) is 6.42 Å². The lowest BCUT2D eigenvalue weighted by Gasteiger charge is -2.50. The van der Waals surface area contributed by atoms with Gasteiger partial charge in [0.1, 0.15) is 0 Å². The fourth-order valence-electron chi connectivity index (χ4n) is 5.93. The summed E-state index contributed by atoms with van der Waals surface area (Å²) in [7, 11) is 0. The molecule has 0 amide bonds. The van der Waals surface area contributed by atoms with Crippen molar-refractivity contribution in [2.75, 3.05) is 0 Å². The lowest BCUT2D eigenvalue weighted by Crippen LogP contribution is -2.43. The highest BCUT2D eigenvalue weighted by atomic mass is 16.3. The smallest absolute Gasteiger partial charge is 0.0596 e. The summed E-state index contributed by atoms with van der Waals surface area (Å²) in [6, 6.07) is 7.28. The molecule has 0 aliphatic heterocycles. The third-order valence-corrected chi connectivity index (χ3v) is 7.37. The van der Waals surface area contributed by atoms with Crippen molar-refractivity contribution in [2.24, 2.45) is 17.3 Å². The van der Waals surface area contributed by atoms with Crippen LogP contribution >= 0.6 is 0 Å². The summed E-state index contributed by atoms with van der Waals surface area (Å²) in [6.45, 7) is 6.95. The van der Waals surface area contributed by atoms with Crippen LogP contribution in [0.25, 0.3) is 0 Å². The van der Waals surface area contributed by atoms with E-state index in [1.807, 2.05) is 0 Å². The first-order valence-corrected chi connectivity index (χ1v) is 9.31. The van der Waals surface area contributed by atoms with Crippen LogP contribution in [0, 0.1) is 17.3 Å². The molecule has 0 radical (unpaired) electrons. The first-order chi connectivity index (χ1) is 10.5. The van der Waals surface area contributed by atoms with Gasteiger partial charge in [0.15, 0.2) is 0 Å². The molecule has 2 fully saturated rings. The van der Waals surface area contributed by atoms with Crippen molar-refractivity contribution in [3.05, 3.63) is 34.9 Å². The largest absolute Gasteiger partial charge is 0.393 e. The number of aliphatic hydroxyl groups excluding tert-OH is 1. The number of benzene rings is 1. The van der Waals surface area contributed by atoms with E-state index in [1.165, 1.54) is 37.7 Å². The van der Waals surface area contributed by atoms with E-state index in [-0.39, 0.29) is 11.5 Å². The molecule has 0 heterocycles. The lowest BCUT2D eigenvalue weighted by molar-refractivity contribution is -0.0226. The molecule has 1 nitrogen and oxygen atoms in total. The zero-order valence-corrected chi connectivity index (χ0v) is 14.3. The van der Waals surface area contributed by atoms with Crippen LogP contribution in [0.15, 0.2) is 18.2 Å². The van der Waals surface area contributed by atoms with Crippen LogP contribution < -0.4 is 0 Å². The number of hydrogen-bond acceptors (Lipinski definition) is 1. The highest BCUT2D eigenvalue weighted by molar-refractivity contribution is 5.39. The standard InChI is InChI=1S/C21H30O/c1-13(2)14-4-6-16-15(12-14)5-7-18-17(16)10-11-21(3)19(18)8-9-20(21)22/h4,6,12-13,17-20,22H,5,7-11H2,1-3H3/t17-,18-,19+,20+,21+/m1/s1. The SMILES string of the molecule is CC(C)c1ccc2c(c1)CC[C@@H]1[C@@H]2CC[C@]2(C)[C@@H](O)CC[C@@H]12. The number of aliphatic hydroxyl groups is 1.